The minimum absolute atomic E-state index is 0.125. The van der Waals surface area contributed by atoms with Crippen molar-refractivity contribution >= 4 is 17.3 Å². The smallest absolute Gasteiger partial charge is 0.127 e. The van der Waals surface area contributed by atoms with E-state index < -0.39 is 0 Å². The van der Waals surface area contributed by atoms with Gasteiger partial charge in [0.2, 0.25) is 0 Å². The zero-order chi connectivity index (χ0) is 13.1. The lowest BCUT2D eigenvalue weighted by atomic mass is 10.0. The second-order valence-corrected chi connectivity index (χ2v) is 4.83. The molecule has 2 aromatic rings. The third kappa shape index (κ3) is 2.77. The predicted molar refractivity (Wildman–Crippen MR) is 77.1 cm³/mol. The number of benzene rings is 2. The Bertz CT molecular complexity index is 552. The zero-order valence-corrected chi connectivity index (χ0v) is 11.2. The van der Waals surface area contributed by atoms with E-state index in [2.05, 4.69) is 0 Å². The summed E-state index contributed by atoms with van der Waals surface area (Å²) in [4.78, 5) is 0. The van der Waals surface area contributed by atoms with Crippen LogP contribution < -0.4 is 10.5 Å². The first-order valence-corrected chi connectivity index (χ1v) is 6.27. The van der Waals surface area contributed by atoms with Crippen molar-refractivity contribution < 1.29 is 4.74 Å². The number of hydrogen-bond donors (Lipinski definition) is 1. The molecule has 2 N–H and O–H groups in total. The van der Waals surface area contributed by atoms with Crippen LogP contribution in [0.5, 0.6) is 5.75 Å². The largest absolute Gasteiger partial charge is 0.490 e. The summed E-state index contributed by atoms with van der Waals surface area (Å²) in [6.45, 7) is 4.00. The highest BCUT2D eigenvalue weighted by Crippen LogP contribution is 2.35. The zero-order valence-electron chi connectivity index (χ0n) is 10.5. The van der Waals surface area contributed by atoms with E-state index in [-0.39, 0.29) is 6.10 Å². The fraction of sp³-hybridized carbons (Fsp3) is 0.200. The highest BCUT2D eigenvalue weighted by Gasteiger charge is 2.10. The average Bonchev–Trinajstić information content (AvgIpc) is 2.30. The monoisotopic (exact) mass is 261 g/mol. The van der Waals surface area contributed by atoms with Crippen molar-refractivity contribution in [1.29, 1.82) is 0 Å². The van der Waals surface area contributed by atoms with Gasteiger partial charge in [0.25, 0.3) is 0 Å². The first-order chi connectivity index (χ1) is 8.58. The summed E-state index contributed by atoms with van der Waals surface area (Å²) >= 11 is 5.92. The molecule has 2 rings (SSSR count). The fourth-order valence-corrected chi connectivity index (χ4v) is 2.01. The maximum absolute atomic E-state index is 6.01. The highest BCUT2D eigenvalue weighted by atomic mass is 35.5. The minimum Gasteiger partial charge on any atom is -0.490 e. The van der Waals surface area contributed by atoms with E-state index in [4.69, 9.17) is 22.1 Å². The van der Waals surface area contributed by atoms with Crippen LogP contribution in [0.3, 0.4) is 0 Å². The molecule has 0 radical (unpaired) electrons. The van der Waals surface area contributed by atoms with Crippen LogP contribution in [0, 0.1) is 0 Å². The second kappa shape index (κ2) is 5.32. The summed E-state index contributed by atoms with van der Waals surface area (Å²) in [7, 11) is 0. The summed E-state index contributed by atoms with van der Waals surface area (Å²) in [5.41, 5.74) is 8.59. The standard InChI is InChI=1S/C15H16ClNO/c1-10(2)18-15-6-4-3-5-13(15)12-8-7-11(16)9-14(12)17/h3-10H,17H2,1-2H3. The number of ether oxygens (including phenoxy) is 1. The average molecular weight is 262 g/mol. The summed E-state index contributed by atoms with van der Waals surface area (Å²) < 4.78 is 5.80. The van der Waals surface area contributed by atoms with Crippen LogP contribution in [0.25, 0.3) is 11.1 Å². The van der Waals surface area contributed by atoms with Gasteiger partial charge >= 0.3 is 0 Å². The first-order valence-electron chi connectivity index (χ1n) is 5.89. The Balaban J connectivity index is 2.49. The highest BCUT2D eigenvalue weighted by molar-refractivity contribution is 6.31. The SMILES string of the molecule is CC(C)Oc1ccccc1-c1ccc(Cl)cc1N. The molecular weight excluding hydrogens is 246 g/mol. The van der Waals surface area contributed by atoms with E-state index in [9.17, 15) is 0 Å². The van der Waals surface area contributed by atoms with Crippen molar-refractivity contribution in [2.75, 3.05) is 5.73 Å². The number of rotatable bonds is 3. The molecule has 0 aliphatic carbocycles. The van der Waals surface area contributed by atoms with Crippen LogP contribution in [-0.2, 0) is 0 Å². The summed E-state index contributed by atoms with van der Waals surface area (Å²) in [6.07, 6.45) is 0.125. The van der Waals surface area contributed by atoms with Gasteiger partial charge < -0.3 is 10.5 Å². The van der Waals surface area contributed by atoms with Crippen molar-refractivity contribution in [3.05, 3.63) is 47.5 Å². The van der Waals surface area contributed by atoms with Crippen molar-refractivity contribution in [3.8, 4) is 16.9 Å². The van der Waals surface area contributed by atoms with Gasteiger partial charge in [-0.25, -0.2) is 0 Å². The maximum Gasteiger partial charge on any atom is 0.127 e. The van der Waals surface area contributed by atoms with Gasteiger partial charge in [0.05, 0.1) is 6.10 Å². The fourth-order valence-electron chi connectivity index (χ4n) is 1.82. The molecule has 0 bridgehead atoms. The Morgan fingerprint density at radius 3 is 2.44 bits per heavy atom. The van der Waals surface area contributed by atoms with Crippen LogP contribution in [0.2, 0.25) is 5.02 Å². The predicted octanol–water partition coefficient (Wildman–Crippen LogP) is 4.38. The van der Waals surface area contributed by atoms with Crippen LogP contribution in [-0.4, -0.2) is 6.10 Å². The van der Waals surface area contributed by atoms with Gasteiger partial charge in [0.15, 0.2) is 0 Å². The molecule has 0 atom stereocenters. The van der Waals surface area contributed by atoms with Gasteiger partial charge in [-0.15, -0.1) is 0 Å². The third-order valence-corrected chi connectivity index (χ3v) is 2.79. The molecule has 0 fully saturated rings. The van der Waals surface area contributed by atoms with Crippen LogP contribution in [0.1, 0.15) is 13.8 Å². The lowest BCUT2D eigenvalue weighted by Gasteiger charge is -2.15. The van der Waals surface area contributed by atoms with Crippen molar-refractivity contribution in [2.24, 2.45) is 0 Å². The van der Waals surface area contributed by atoms with Crippen LogP contribution in [0.4, 0.5) is 5.69 Å². The number of anilines is 1. The molecule has 18 heavy (non-hydrogen) atoms. The van der Waals surface area contributed by atoms with Crippen LogP contribution >= 0.6 is 11.6 Å². The van der Waals surface area contributed by atoms with Gasteiger partial charge in [0, 0.05) is 21.8 Å². The van der Waals surface area contributed by atoms with Gasteiger partial charge in [0.1, 0.15) is 5.75 Å². The summed E-state index contributed by atoms with van der Waals surface area (Å²) in [5, 5.41) is 0.638. The van der Waals surface area contributed by atoms with E-state index in [1.165, 1.54) is 0 Å². The molecule has 0 aliphatic heterocycles. The van der Waals surface area contributed by atoms with Gasteiger partial charge in [-0.05, 0) is 32.0 Å². The van der Waals surface area contributed by atoms with E-state index in [1.807, 2.05) is 50.2 Å². The number of halogens is 1. The molecule has 0 saturated carbocycles. The van der Waals surface area contributed by atoms with E-state index in [0.29, 0.717) is 10.7 Å². The van der Waals surface area contributed by atoms with Crippen molar-refractivity contribution in [3.63, 3.8) is 0 Å². The minimum atomic E-state index is 0.125. The van der Waals surface area contributed by atoms with E-state index in [1.54, 1.807) is 6.07 Å². The Hall–Kier alpha value is -1.67. The quantitative estimate of drug-likeness (QED) is 0.833. The van der Waals surface area contributed by atoms with Gasteiger partial charge in [-0.2, -0.15) is 0 Å². The molecule has 0 aromatic heterocycles. The normalized spacial score (nSPS) is 10.7. The number of nitrogen functional groups attached to an aromatic ring is 1. The molecular formula is C15H16ClNO. The van der Waals surface area contributed by atoms with Crippen molar-refractivity contribution in [1.82, 2.24) is 0 Å². The summed E-state index contributed by atoms with van der Waals surface area (Å²) in [5.74, 6) is 0.835. The topological polar surface area (TPSA) is 35.2 Å². The molecule has 2 aromatic carbocycles. The van der Waals surface area contributed by atoms with Crippen LogP contribution in [0.15, 0.2) is 42.5 Å². The Morgan fingerprint density at radius 1 is 1.06 bits per heavy atom. The second-order valence-electron chi connectivity index (χ2n) is 4.39. The lowest BCUT2D eigenvalue weighted by molar-refractivity contribution is 0.243. The Morgan fingerprint density at radius 2 is 1.78 bits per heavy atom. The number of nitrogens with two attached hydrogens (primary N) is 1. The molecule has 0 aliphatic rings. The Kier molecular flexibility index (Phi) is 3.78. The molecule has 0 heterocycles. The van der Waals surface area contributed by atoms with E-state index in [0.717, 1.165) is 16.9 Å². The molecule has 2 nitrogen and oxygen atoms in total. The van der Waals surface area contributed by atoms with Gasteiger partial charge in [-0.3, -0.25) is 0 Å². The van der Waals surface area contributed by atoms with Crippen molar-refractivity contribution in [2.45, 2.75) is 20.0 Å². The molecule has 0 amide bonds. The lowest BCUT2D eigenvalue weighted by Crippen LogP contribution is -2.06. The first kappa shape index (κ1) is 12.8. The number of para-hydroxylation sites is 1. The molecule has 0 unspecified atom stereocenters. The molecule has 3 heteroatoms. The summed E-state index contributed by atoms with van der Waals surface area (Å²) in [6, 6.07) is 13.4. The Labute approximate surface area is 112 Å². The molecule has 94 valence electrons. The maximum atomic E-state index is 6.01. The third-order valence-electron chi connectivity index (χ3n) is 2.55. The molecule has 0 spiro atoms. The van der Waals surface area contributed by atoms with E-state index >= 15 is 0 Å². The molecule has 0 saturated heterocycles. The number of hydrogen-bond acceptors (Lipinski definition) is 2. The van der Waals surface area contributed by atoms with Gasteiger partial charge in [-0.1, -0.05) is 35.9 Å².